The van der Waals surface area contributed by atoms with Crippen molar-refractivity contribution in [3.05, 3.63) is 0 Å². The van der Waals surface area contributed by atoms with E-state index in [-0.39, 0.29) is 14.9 Å². The van der Waals surface area contributed by atoms with Crippen molar-refractivity contribution in [1.82, 2.24) is 0 Å². The molecule has 0 aromatic heterocycles. The Bertz CT molecular complexity index is 154. The topological polar surface area (TPSA) is 9.23 Å². The number of hydrogen-bond donors (Lipinski definition) is 0. The molecule has 0 saturated heterocycles. The van der Waals surface area contributed by atoms with E-state index in [0.717, 1.165) is 0 Å². The van der Waals surface area contributed by atoms with Crippen molar-refractivity contribution in [2.24, 2.45) is 0 Å². The van der Waals surface area contributed by atoms with Gasteiger partial charge in [-0.05, 0) is 32.7 Å². The van der Waals surface area contributed by atoms with Crippen molar-refractivity contribution in [2.45, 2.75) is 67.2 Å². The van der Waals surface area contributed by atoms with Gasteiger partial charge in [0.05, 0.1) is 7.59 Å². The van der Waals surface area contributed by atoms with Gasteiger partial charge in [0.15, 0.2) is 16.2 Å². The molecule has 0 rings (SSSR count). The number of rotatable bonds is 3. The van der Waals surface area contributed by atoms with Crippen LogP contribution >= 0.6 is 0 Å². The zero-order valence-electron chi connectivity index (χ0n) is 9.91. The molecule has 14 heavy (non-hydrogen) atoms. The van der Waals surface area contributed by atoms with Crippen LogP contribution in [0.4, 0.5) is 0 Å². The predicted molar refractivity (Wildman–Crippen MR) is 78.7 cm³/mol. The van der Waals surface area contributed by atoms with Crippen molar-refractivity contribution in [2.75, 3.05) is 0 Å². The number of hydrogen-bond acceptors (Lipinski definition) is 1. The molecule has 90 valence electrons. The third kappa shape index (κ3) is 6.98. The fourth-order valence-electron chi connectivity index (χ4n) is 0.919. The summed E-state index contributed by atoms with van der Waals surface area (Å²) in [6.07, 6.45) is 0. The Balaban J connectivity index is -0.000000605. The Labute approximate surface area is 95.3 Å². The van der Waals surface area contributed by atoms with Gasteiger partial charge in [-0.1, -0.05) is 34.5 Å². The molecule has 0 aliphatic heterocycles. The summed E-state index contributed by atoms with van der Waals surface area (Å²) in [5, 5.41) is 0. The molecule has 4 heteroatoms. The second-order valence-electron chi connectivity index (χ2n) is 5.97. The van der Waals surface area contributed by atoms with Crippen molar-refractivity contribution in [3.63, 3.8) is 0 Å². The molecule has 0 bridgehead atoms. The normalized spacial score (nSPS) is 12.9. The van der Waals surface area contributed by atoms with E-state index in [1.807, 2.05) is 0 Å². The Morgan fingerprint density at radius 1 is 0.643 bits per heavy atom. The molecule has 1 nitrogen and oxygen atoms in total. The summed E-state index contributed by atoms with van der Waals surface area (Å²) >= 11 is 0. The molecule has 0 unspecified atom stereocenters. The Morgan fingerprint density at radius 3 is 1.00 bits per heavy atom. The average Bonchev–Trinajstić information content (AvgIpc) is 1.52. The van der Waals surface area contributed by atoms with Gasteiger partial charge in [0.25, 0.3) is 0 Å². The highest BCUT2D eigenvalue weighted by molar-refractivity contribution is 7.38. The minimum absolute atomic E-state index is 0. The van der Waals surface area contributed by atoms with Crippen LogP contribution < -0.4 is 0 Å². The van der Waals surface area contributed by atoms with E-state index >= 15 is 0 Å². The summed E-state index contributed by atoms with van der Waals surface area (Å²) in [4.78, 5) is 0. The van der Waals surface area contributed by atoms with Crippen molar-refractivity contribution in [3.8, 4) is 0 Å². The predicted octanol–water partition coefficient (Wildman–Crippen LogP) is 4.73. The van der Waals surface area contributed by atoms with Crippen LogP contribution in [0.2, 0.25) is 52.4 Å². The maximum absolute atomic E-state index is 6.33. The van der Waals surface area contributed by atoms with Crippen LogP contribution in [0.15, 0.2) is 0 Å². The molecule has 0 heterocycles. The lowest BCUT2D eigenvalue weighted by Gasteiger charge is -2.40. The Hall–Kier alpha value is 0.611. The highest BCUT2D eigenvalue weighted by Crippen LogP contribution is 2.23. The summed E-state index contributed by atoms with van der Waals surface area (Å²) in [5.74, 6) is 0. The molecule has 0 spiro atoms. The SMILES string of the molecule is C.C.C[Si](C)(C)O[Si](C)(C)[Si](C)(C)C. The molecule has 0 atom stereocenters. The van der Waals surface area contributed by atoms with Crippen LogP contribution in [-0.4, -0.2) is 23.7 Å². The monoisotopic (exact) mass is 252 g/mol. The van der Waals surface area contributed by atoms with Crippen LogP contribution in [0.25, 0.3) is 0 Å². The second kappa shape index (κ2) is 5.63. The average molecular weight is 253 g/mol. The highest BCUT2D eigenvalue weighted by Gasteiger charge is 2.41. The lowest BCUT2D eigenvalue weighted by molar-refractivity contribution is 0.570. The standard InChI is InChI=1S/C8H24OSi3.2CH4/c1-10(2,3)9-12(7,8)11(4,5)6;;/h1-8H3;2*1H4. The summed E-state index contributed by atoms with van der Waals surface area (Å²) in [7, 11) is -3.69. The molecule has 0 N–H and O–H groups in total. The molecule has 0 aromatic rings. The van der Waals surface area contributed by atoms with E-state index in [4.69, 9.17) is 4.12 Å². The van der Waals surface area contributed by atoms with E-state index in [1.165, 1.54) is 0 Å². The first kappa shape index (κ1) is 20.1. The first-order chi connectivity index (χ1) is 4.96. The van der Waals surface area contributed by atoms with Gasteiger partial charge in [-0.15, -0.1) is 0 Å². The van der Waals surface area contributed by atoms with Crippen LogP contribution in [0.1, 0.15) is 14.9 Å². The quantitative estimate of drug-likeness (QED) is 0.660. The zero-order chi connectivity index (χ0) is 10.2. The van der Waals surface area contributed by atoms with Gasteiger partial charge < -0.3 is 4.12 Å². The Morgan fingerprint density at radius 2 is 0.929 bits per heavy atom. The summed E-state index contributed by atoms with van der Waals surface area (Å²) < 4.78 is 6.33. The van der Waals surface area contributed by atoms with Gasteiger partial charge in [0.1, 0.15) is 0 Å². The van der Waals surface area contributed by atoms with Crippen LogP contribution in [-0.2, 0) is 4.12 Å². The molecule has 0 amide bonds. The van der Waals surface area contributed by atoms with E-state index in [2.05, 4.69) is 52.4 Å². The second-order valence-corrected chi connectivity index (χ2v) is 26.6. The summed E-state index contributed by atoms with van der Waals surface area (Å²) in [6.45, 7) is 18.9. The van der Waals surface area contributed by atoms with Crippen molar-refractivity contribution < 1.29 is 4.12 Å². The van der Waals surface area contributed by atoms with Gasteiger partial charge >= 0.3 is 0 Å². The van der Waals surface area contributed by atoms with Gasteiger partial charge in [0, 0.05) is 0 Å². The molecule has 0 aliphatic carbocycles. The lowest BCUT2D eigenvalue weighted by atomic mass is 11.8. The van der Waals surface area contributed by atoms with Crippen LogP contribution in [0.3, 0.4) is 0 Å². The Kier molecular flexibility index (Phi) is 8.07. The first-order valence-electron chi connectivity index (χ1n) is 4.66. The molecular weight excluding hydrogens is 220 g/mol. The van der Waals surface area contributed by atoms with Crippen molar-refractivity contribution in [1.29, 1.82) is 0 Å². The molecule has 0 radical (unpaired) electrons. The fourth-order valence-corrected chi connectivity index (χ4v) is 13.8. The minimum atomic E-state index is -1.34. The third-order valence-electron chi connectivity index (χ3n) is 2.37. The van der Waals surface area contributed by atoms with Crippen LogP contribution in [0, 0.1) is 0 Å². The molecular formula is C10H32OSi3. The first-order valence-corrected chi connectivity index (χ1v) is 15.5. The zero-order valence-corrected chi connectivity index (χ0v) is 12.9. The van der Waals surface area contributed by atoms with E-state index < -0.39 is 23.7 Å². The third-order valence-corrected chi connectivity index (χ3v) is 22.2. The van der Waals surface area contributed by atoms with E-state index in [0.29, 0.717) is 0 Å². The van der Waals surface area contributed by atoms with Gasteiger partial charge in [-0.25, -0.2) is 0 Å². The molecule has 0 fully saturated rings. The minimum Gasteiger partial charge on any atom is -0.458 e. The van der Waals surface area contributed by atoms with E-state index in [1.54, 1.807) is 0 Å². The fraction of sp³-hybridized carbons (Fsp3) is 1.00. The van der Waals surface area contributed by atoms with Gasteiger partial charge in [-0.2, -0.15) is 0 Å². The van der Waals surface area contributed by atoms with Crippen LogP contribution in [0.5, 0.6) is 0 Å². The largest absolute Gasteiger partial charge is 0.458 e. The maximum atomic E-state index is 6.33. The summed E-state index contributed by atoms with van der Waals surface area (Å²) in [5.41, 5.74) is 0. The molecule has 0 saturated carbocycles. The molecule has 0 aromatic carbocycles. The highest BCUT2D eigenvalue weighted by atomic mass is 29.3. The van der Waals surface area contributed by atoms with Gasteiger partial charge in [-0.3, -0.25) is 0 Å². The summed E-state index contributed by atoms with van der Waals surface area (Å²) in [6, 6.07) is 0. The smallest absolute Gasteiger partial charge is 0.170 e. The van der Waals surface area contributed by atoms with E-state index in [9.17, 15) is 0 Å². The maximum Gasteiger partial charge on any atom is 0.170 e. The van der Waals surface area contributed by atoms with Crippen molar-refractivity contribution >= 4 is 23.7 Å². The van der Waals surface area contributed by atoms with Gasteiger partial charge in [0.2, 0.25) is 0 Å². The lowest BCUT2D eigenvalue weighted by Crippen LogP contribution is -2.59. The molecule has 0 aliphatic rings.